The van der Waals surface area contributed by atoms with Crippen molar-refractivity contribution in [3.8, 4) is 5.75 Å². The highest BCUT2D eigenvalue weighted by molar-refractivity contribution is 5.69. The van der Waals surface area contributed by atoms with Crippen LogP contribution < -0.4 is 10.1 Å². The molecule has 1 aromatic rings. The van der Waals surface area contributed by atoms with Crippen LogP contribution in [0.5, 0.6) is 5.75 Å². The van der Waals surface area contributed by atoms with Crippen molar-refractivity contribution in [2.75, 3.05) is 20.3 Å². The first kappa shape index (κ1) is 15.8. The number of carbonyl (C=O) groups excluding carboxylic acids is 1. The fourth-order valence-corrected chi connectivity index (χ4v) is 2.81. The van der Waals surface area contributed by atoms with Gasteiger partial charge in [0.2, 0.25) is 0 Å². The molecule has 116 valence electrons. The van der Waals surface area contributed by atoms with Crippen LogP contribution in [-0.4, -0.2) is 32.3 Å². The van der Waals surface area contributed by atoms with Crippen molar-refractivity contribution < 1.29 is 14.3 Å². The number of methoxy groups -OCH3 is 1. The van der Waals surface area contributed by atoms with Crippen molar-refractivity contribution in [3.05, 3.63) is 29.8 Å². The Kier molecular flexibility index (Phi) is 6.05. The zero-order valence-corrected chi connectivity index (χ0v) is 12.9. The first-order valence-electron chi connectivity index (χ1n) is 7.76. The lowest BCUT2D eigenvalue weighted by Gasteiger charge is -2.37. The molecule has 1 fully saturated rings. The first-order chi connectivity index (χ1) is 10.2. The average molecular weight is 291 g/mol. The molecule has 0 bridgehead atoms. The van der Waals surface area contributed by atoms with E-state index in [9.17, 15) is 4.79 Å². The van der Waals surface area contributed by atoms with Gasteiger partial charge in [0.25, 0.3) is 0 Å². The third kappa shape index (κ3) is 4.46. The van der Waals surface area contributed by atoms with E-state index in [0.717, 1.165) is 31.6 Å². The molecule has 1 aliphatic rings. The third-order valence-corrected chi connectivity index (χ3v) is 4.01. The summed E-state index contributed by atoms with van der Waals surface area (Å²) in [4.78, 5) is 11.2. The van der Waals surface area contributed by atoms with Crippen molar-refractivity contribution in [1.82, 2.24) is 5.32 Å². The van der Waals surface area contributed by atoms with Crippen molar-refractivity contribution >= 4 is 5.97 Å². The summed E-state index contributed by atoms with van der Waals surface area (Å²) in [6, 6.07) is 8.81. The number of para-hydroxylation sites is 1. The minimum absolute atomic E-state index is 0.0974. The van der Waals surface area contributed by atoms with E-state index in [0.29, 0.717) is 25.0 Å². The van der Waals surface area contributed by atoms with Crippen LogP contribution in [0.3, 0.4) is 0 Å². The maximum Gasteiger partial charge on any atom is 0.305 e. The van der Waals surface area contributed by atoms with E-state index in [4.69, 9.17) is 9.47 Å². The Morgan fingerprint density at radius 2 is 2.10 bits per heavy atom. The summed E-state index contributed by atoms with van der Waals surface area (Å²) in [5, 5.41) is 3.51. The summed E-state index contributed by atoms with van der Waals surface area (Å²) in [5.41, 5.74) is 1.31. The molecule has 0 saturated heterocycles. The molecule has 1 saturated carbocycles. The summed E-state index contributed by atoms with van der Waals surface area (Å²) in [7, 11) is 1.72. The van der Waals surface area contributed by atoms with Gasteiger partial charge in [0.1, 0.15) is 5.75 Å². The van der Waals surface area contributed by atoms with Gasteiger partial charge < -0.3 is 14.8 Å². The Hall–Kier alpha value is -1.55. The molecule has 0 heterocycles. The van der Waals surface area contributed by atoms with Crippen molar-refractivity contribution in [3.63, 3.8) is 0 Å². The predicted octanol–water partition coefficient (Wildman–Crippen LogP) is 2.87. The lowest BCUT2D eigenvalue weighted by molar-refractivity contribution is -0.143. The quantitative estimate of drug-likeness (QED) is 0.591. The predicted molar refractivity (Wildman–Crippen MR) is 82.6 cm³/mol. The molecule has 1 aromatic carbocycles. The number of rotatable bonds is 8. The molecule has 0 spiro atoms. The highest BCUT2D eigenvalue weighted by atomic mass is 16.5. The van der Waals surface area contributed by atoms with Crippen LogP contribution in [0.1, 0.15) is 44.1 Å². The van der Waals surface area contributed by atoms with Gasteiger partial charge in [0.05, 0.1) is 13.7 Å². The molecule has 21 heavy (non-hydrogen) atoms. The molecule has 0 aromatic heterocycles. The maximum absolute atomic E-state index is 11.2. The zero-order chi connectivity index (χ0) is 15.1. The number of hydrogen-bond donors (Lipinski definition) is 1. The van der Waals surface area contributed by atoms with Gasteiger partial charge in [-0.1, -0.05) is 18.2 Å². The van der Waals surface area contributed by atoms with Gasteiger partial charge in [-0.3, -0.25) is 4.79 Å². The smallest absolute Gasteiger partial charge is 0.305 e. The minimum atomic E-state index is -0.0974. The number of nitrogens with one attached hydrogen (secondary N) is 1. The van der Waals surface area contributed by atoms with E-state index in [1.165, 1.54) is 5.56 Å². The lowest BCUT2D eigenvalue weighted by Crippen LogP contribution is -2.40. The highest BCUT2D eigenvalue weighted by Crippen LogP contribution is 2.40. The summed E-state index contributed by atoms with van der Waals surface area (Å²) in [5.74, 6) is 1.48. The monoisotopic (exact) mass is 291 g/mol. The second-order valence-corrected chi connectivity index (χ2v) is 5.47. The topological polar surface area (TPSA) is 47.6 Å². The second-order valence-electron chi connectivity index (χ2n) is 5.47. The van der Waals surface area contributed by atoms with E-state index < -0.39 is 0 Å². The fraction of sp³-hybridized carbons (Fsp3) is 0.588. The van der Waals surface area contributed by atoms with Crippen LogP contribution >= 0.6 is 0 Å². The Labute approximate surface area is 126 Å². The van der Waals surface area contributed by atoms with Crippen LogP contribution in [0.4, 0.5) is 0 Å². The zero-order valence-electron chi connectivity index (χ0n) is 12.9. The summed E-state index contributed by atoms with van der Waals surface area (Å²) < 4.78 is 10.3. The number of carbonyl (C=O) groups is 1. The van der Waals surface area contributed by atoms with Gasteiger partial charge in [-0.2, -0.15) is 0 Å². The fourth-order valence-electron chi connectivity index (χ4n) is 2.81. The Morgan fingerprint density at radius 3 is 2.81 bits per heavy atom. The maximum atomic E-state index is 11.2. The molecule has 0 amide bonds. The van der Waals surface area contributed by atoms with E-state index in [2.05, 4.69) is 17.4 Å². The largest absolute Gasteiger partial charge is 0.496 e. The SMILES string of the molecule is CCOC(=O)CCCNC1CC(c2ccccc2OC)C1. The van der Waals surface area contributed by atoms with Gasteiger partial charge in [0, 0.05) is 12.5 Å². The Balaban J connectivity index is 1.64. The number of benzene rings is 1. The molecular formula is C17H25NO3. The summed E-state index contributed by atoms with van der Waals surface area (Å²) >= 11 is 0. The molecule has 2 rings (SSSR count). The van der Waals surface area contributed by atoms with Crippen LogP contribution in [0.25, 0.3) is 0 Å². The van der Waals surface area contributed by atoms with Gasteiger partial charge in [0.15, 0.2) is 0 Å². The van der Waals surface area contributed by atoms with Gasteiger partial charge in [-0.05, 0) is 50.3 Å². The van der Waals surface area contributed by atoms with Gasteiger partial charge in [-0.15, -0.1) is 0 Å². The van der Waals surface area contributed by atoms with E-state index in [-0.39, 0.29) is 5.97 Å². The molecule has 0 atom stereocenters. The average Bonchev–Trinajstić information content (AvgIpc) is 2.45. The lowest BCUT2D eigenvalue weighted by atomic mass is 9.75. The van der Waals surface area contributed by atoms with E-state index in [1.54, 1.807) is 7.11 Å². The van der Waals surface area contributed by atoms with Gasteiger partial charge >= 0.3 is 5.97 Å². The highest BCUT2D eigenvalue weighted by Gasteiger charge is 2.31. The molecule has 4 heteroatoms. The standard InChI is InChI=1S/C17H25NO3/c1-3-21-17(19)9-6-10-18-14-11-13(12-14)15-7-4-5-8-16(15)20-2/h4-5,7-8,13-14,18H,3,6,9-12H2,1-2H3. The third-order valence-electron chi connectivity index (χ3n) is 4.01. The number of hydrogen-bond acceptors (Lipinski definition) is 4. The second kappa shape index (κ2) is 8.03. The van der Waals surface area contributed by atoms with Crippen molar-refractivity contribution in [2.45, 2.75) is 44.6 Å². The molecule has 0 unspecified atom stereocenters. The van der Waals surface area contributed by atoms with E-state index >= 15 is 0 Å². The molecule has 0 aliphatic heterocycles. The molecule has 1 aliphatic carbocycles. The molecule has 0 radical (unpaired) electrons. The summed E-state index contributed by atoms with van der Waals surface area (Å²) in [6.07, 6.45) is 3.62. The molecule has 4 nitrogen and oxygen atoms in total. The summed E-state index contributed by atoms with van der Waals surface area (Å²) in [6.45, 7) is 3.18. The Bertz CT molecular complexity index is 455. The van der Waals surface area contributed by atoms with Crippen LogP contribution in [0.2, 0.25) is 0 Å². The number of ether oxygens (including phenoxy) is 2. The molecule has 1 N–H and O–H groups in total. The van der Waals surface area contributed by atoms with Gasteiger partial charge in [-0.25, -0.2) is 0 Å². The van der Waals surface area contributed by atoms with Crippen LogP contribution in [0, 0.1) is 0 Å². The van der Waals surface area contributed by atoms with Crippen molar-refractivity contribution in [1.29, 1.82) is 0 Å². The van der Waals surface area contributed by atoms with E-state index in [1.807, 2.05) is 19.1 Å². The van der Waals surface area contributed by atoms with Crippen molar-refractivity contribution in [2.24, 2.45) is 0 Å². The van der Waals surface area contributed by atoms with Crippen LogP contribution in [-0.2, 0) is 9.53 Å². The molecular weight excluding hydrogens is 266 g/mol. The van der Waals surface area contributed by atoms with Crippen LogP contribution in [0.15, 0.2) is 24.3 Å². The number of esters is 1. The normalized spacial score (nSPS) is 20.7. The first-order valence-corrected chi connectivity index (χ1v) is 7.76. The Morgan fingerprint density at radius 1 is 1.33 bits per heavy atom. The minimum Gasteiger partial charge on any atom is -0.496 e.